The molecule has 4 aromatic heterocycles. The van der Waals surface area contributed by atoms with Gasteiger partial charge in [0.15, 0.2) is 5.82 Å². The van der Waals surface area contributed by atoms with Crippen LogP contribution in [-0.2, 0) is 0 Å². The van der Waals surface area contributed by atoms with E-state index < -0.39 is 0 Å². The number of fused-ring (bicyclic) bond motifs is 8. The molecule has 59 heavy (non-hydrogen) atoms. The largest absolute Gasteiger partial charge is 0.309 e. The van der Waals surface area contributed by atoms with Crippen molar-refractivity contribution in [2.24, 2.45) is 0 Å². The van der Waals surface area contributed by atoms with E-state index in [9.17, 15) is 0 Å². The number of nitrogens with zero attached hydrogens (tertiary/aromatic N) is 5. The average molecular weight is 754 g/mol. The second-order valence-corrected chi connectivity index (χ2v) is 15.0. The number of imidazole rings is 1. The Kier molecular flexibility index (Phi) is 7.47. The zero-order valence-corrected chi connectivity index (χ0v) is 31.9. The monoisotopic (exact) mass is 753 g/mol. The van der Waals surface area contributed by atoms with E-state index in [0.29, 0.717) is 5.82 Å². The molecule has 0 atom stereocenters. The minimum absolute atomic E-state index is 0.687. The van der Waals surface area contributed by atoms with E-state index in [1.54, 1.807) is 0 Å². The third-order valence-electron chi connectivity index (χ3n) is 11.6. The molecule has 0 saturated carbocycles. The lowest BCUT2D eigenvalue weighted by Gasteiger charge is -2.13. The lowest BCUT2D eigenvalue weighted by Crippen LogP contribution is -1.98. The van der Waals surface area contributed by atoms with Crippen molar-refractivity contribution in [1.29, 1.82) is 0 Å². The van der Waals surface area contributed by atoms with Crippen LogP contribution in [0.25, 0.3) is 106 Å². The molecule has 12 aromatic rings. The summed E-state index contributed by atoms with van der Waals surface area (Å²) in [4.78, 5) is 10.5. The van der Waals surface area contributed by atoms with Crippen LogP contribution in [0.4, 0.5) is 0 Å². The van der Waals surface area contributed by atoms with Gasteiger partial charge in [-0.1, -0.05) is 146 Å². The van der Waals surface area contributed by atoms with E-state index in [0.717, 1.165) is 56.2 Å². The maximum Gasteiger partial charge on any atom is 0.160 e. The molecule has 276 valence electrons. The molecule has 0 bridgehead atoms. The summed E-state index contributed by atoms with van der Waals surface area (Å²) in [6.07, 6.45) is 0. The molecule has 4 heterocycles. The highest BCUT2D eigenvalue weighted by molar-refractivity contribution is 6.10. The lowest BCUT2D eigenvalue weighted by atomic mass is 9.99. The van der Waals surface area contributed by atoms with Gasteiger partial charge < -0.3 is 4.57 Å². The fourth-order valence-corrected chi connectivity index (χ4v) is 9.06. The summed E-state index contributed by atoms with van der Waals surface area (Å²) in [5.41, 5.74) is 16.2. The van der Waals surface area contributed by atoms with Gasteiger partial charge in [0.05, 0.1) is 39.0 Å². The average Bonchev–Trinajstić information content (AvgIpc) is 3.95. The van der Waals surface area contributed by atoms with Gasteiger partial charge >= 0.3 is 0 Å². The predicted molar refractivity (Wildman–Crippen MR) is 243 cm³/mol. The van der Waals surface area contributed by atoms with Crippen molar-refractivity contribution in [2.45, 2.75) is 0 Å². The molecular formula is C54H35N5. The van der Waals surface area contributed by atoms with Gasteiger partial charge in [-0.3, -0.25) is 8.97 Å². The molecule has 0 radical (unpaired) electrons. The van der Waals surface area contributed by atoms with Crippen molar-refractivity contribution < 1.29 is 0 Å². The van der Waals surface area contributed by atoms with Crippen molar-refractivity contribution in [3.8, 4) is 56.4 Å². The van der Waals surface area contributed by atoms with Crippen LogP contribution >= 0.6 is 0 Å². The molecule has 0 saturated heterocycles. The Labute approximate surface area is 340 Å². The first-order valence-corrected chi connectivity index (χ1v) is 20.0. The number of aromatic nitrogens is 5. The maximum absolute atomic E-state index is 5.27. The minimum Gasteiger partial charge on any atom is -0.309 e. The summed E-state index contributed by atoms with van der Waals surface area (Å²) in [7, 11) is 0. The number of hydrogen-bond acceptors (Lipinski definition) is 2. The first-order valence-electron chi connectivity index (χ1n) is 20.0. The highest BCUT2D eigenvalue weighted by Crippen LogP contribution is 2.42. The van der Waals surface area contributed by atoms with Gasteiger partial charge in [-0.15, -0.1) is 0 Å². The third kappa shape index (κ3) is 5.25. The van der Waals surface area contributed by atoms with Gasteiger partial charge in [0.25, 0.3) is 0 Å². The highest BCUT2D eigenvalue weighted by Gasteiger charge is 2.23. The van der Waals surface area contributed by atoms with Crippen LogP contribution < -0.4 is 0 Å². The highest BCUT2D eigenvalue weighted by atomic mass is 15.1. The molecule has 0 aliphatic carbocycles. The molecule has 0 aliphatic heterocycles. The molecular weight excluding hydrogens is 719 g/mol. The Morgan fingerprint density at radius 2 is 0.797 bits per heavy atom. The molecule has 5 nitrogen and oxygen atoms in total. The number of para-hydroxylation sites is 6. The van der Waals surface area contributed by atoms with Crippen molar-refractivity contribution >= 4 is 49.4 Å². The predicted octanol–water partition coefficient (Wildman–Crippen LogP) is 13.6. The van der Waals surface area contributed by atoms with Gasteiger partial charge in [-0.2, -0.15) is 0 Å². The summed E-state index contributed by atoms with van der Waals surface area (Å²) in [6.45, 7) is 0. The van der Waals surface area contributed by atoms with E-state index in [2.05, 4.69) is 208 Å². The topological polar surface area (TPSA) is 40.0 Å². The maximum atomic E-state index is 5.27. The first kappa shape index (κ1) is 33.2. The Bertz CT molecular complexity index is 3500. The van der Waals surface area contributed by atoms with Crippen LogP contribution in [0.3, 0.4) is 0 Å². The van der Waals surface area contributed by atoms with Crippen LogP contribution in [0.15, 0.2) is 212 Å². The second-order valence-electron chi connectivity index (χ2n) is 15.0. The quantitative estimate of drug-likeness (QED) is 0.170. The molecule has 5 heteroatoms. The number of benzene rings is 8. The van der Waals surface area contributed by atoms with Crippen LogP contribution in [0, 0.1) is 0 Å². The van der Waals surface area contributed by atoms with Crippen LogP contribution in [0.5, 0.6) is 0 Å². The van der Waals surface area contributed by atoms with Crippen LogP contribution in [0.1, 0.15) is 0 Å². The Morgan fingerprint density at radius 3 is 1.49 bits per heavy atom. The van der Waals surface area contributed by atoms with Crippen molar-refractivity contribution in [3.05, 3.63) is 212 Å². The molecule has 0 N–H and O–H groups in total. The van der Waals surface area contributed by atoms with E-state index in [-0.39, 0.29) is 0 Å². The van der Waals surface area contributed by atoms with Gasteiger partial charge in [0.2, 0.25) is 0 Å². The number of rotatable bonds is 6. The molecule has 0 amide bonds. The minimum atomic E-state index is 0.687. The van der Waals surface area contributed by atoms with E-state index in [1.807, 2.05) is 18.2 Å². The van der Waals surface area contributed by atoms with Gasteiger partial charge in [-0.05, 0) is 72.3 Å². The van der Waals surface area contributed by atoms with Crippen LogP contribution in [0.2, 0.25) is 0 Å². The SMILES string of the molecule is c1ccc(-c2nc(-c3cccc(-c4c5ccccc5n5c6ccccc6n(-c6ccccc6)c45)c3)cc(-c3cccc(-n4c5ccccc5c5ccccc54)c3)n2)cc1. The Hall–Kier alpha value is -8.02. The molecule has 0 fully saturated rings. The molecule has 0 spiro atoms. The lowest BCUT2D eigenvalue weighted by molar-refractivity contribution is 1.15. The zero-order valence-electron chi connectivity index (χ0n) is 31.9. The third-order valence-corrected chi connectivity index (χ3v) is 11.6. The summed E-state index contributed by atoms with van der Waals surface area (Å²) < 4.78 is 7.17. The van der Waals surface area contributed by atoms with Gasteiger partial charge in [0.1, 0.15) is 5.65 Å². The summed E-state index contributed by atoms with van der Waals surface area (Å²) in [6, 6.07) is 75.4. The Morgan fingerprint density at radius 1 is 0.305 bits per heavy atom. The van der Waals surface area contributed by atoms with Crippen LogP contribution in [-0.4, -0.2) is 23.5 Å². The first-order chi connectivity index (χ1) is 29.3. The number of hydrogen-bond donors (Lipinski definition) is 0. The smallest absolute Gasteiger partial charge is 0.160 e. The molecule has 12 rings (SSSR count). The fraction of sp³-hybridized carbons (Fsp3) is 0. The van der Waals surface area contributed by atoms with E-state index >= 15 is 0 Å². The second kappa shape index (κ2) is 13.3. The standard InChI is InChI=1S/C54H35N5/c1-3-17-36(18-4-1)53-55-45(35-46(56-53)38-20-16-24-41(34-38)57-47-28-10-7-25-42(47)43-26-8-11-29-48(43)57)37-19-15-21-39(33-37)52-44-27-9-12-30-49(44)59-51-32-14-13-31-50(51)58(54(52)59)40-22-5-2-6-23-40/h1-35H. The van der Waals surface area contributed by atoms with Crippen molar-refractivity contribution in [1.82, 2.24) is 23.5 Å². The van der Waals surface area contributed by atoms with Crippen molar-refractivity contribution in [3.63, 3.8) is 0 Å². The van der Waals surface area contributed by atoms with Gasteiger partial charge in [-0.25, -0.2) is 9.97 Å². The Balaban J connectivity index is 1.07. The van der Waals surface area contributed by atoms with Gasteiger partial charge in [0, 0.05) is 49.8 Å². The summed E-state index contributed by atoms with van der Waals surface area (Å²) >= 11 is 0. The summed E-state index contributed by atoms with van der Waals surface area (Å²) in [5.74, 6) is 0.687. The van der Waals surface area contributed by atoms with E-state index in [1.165, 1.54) is 43.8 Å². The summed E-state index contributed by atoms with van der Waals surface area (Å²) in [5, 5.41) is 3.67. The molecule has 0 unspecified atom stereocenters. The fourth-order valence-electron chi connectivity index (χ4n) is 9.06. The van der Waals surface area contributed by atoms with Crippen molar-refractivity contribution in [2.75, 3.05) is 0 Å². The normalized spacial score (nSPS) is 11.7. The zero-order chi connectivity index (χ0) is 38.9. The molecule has 0 aliphatic rings. The molecule has 8 aromatic carbocycles. The van der Waals surface area contributed by atoms with E-state index in [4.69, 9.17) is 9.97 Å².